The van der Waals surface area contributed by atoms with Gasteiger partial charge in [-0.3, -0.25) is 9.36 Å². The molecule has 0 spiro atoms. The molecule has 2 heterocycles. The van der Waals surface area contributed by atoms with Gasteiger partial charge >= 0.3 is 0 Å². The molecule has 0 saturated carbocycles. The smallest absolute Gasteiger partial charge is 0.222 e. The zero-order chi connectivity index (χ0) is 22.3. The van der Waals surface area contributed by atoms with E-state index in [-0.39, 0.29) is 5.91 Å². The van der Waals surface area contributed by atoms with Gasteiger partial charge in [-0.05, 0) is 32.0 Å². The van der Waals surface area contributed by atoms with Gasteiger partial charge in [0.25, 0.3) is 0 Å². The molecule has 4 rings (SSSR count). The highest BCUT2D eigenvalue weighted by Crippen LogP contribution is 2.28. The fraction of sp³-hybridized carbons (Fsp3) is 0.400. The van der Waals surface area contributed by atoms with E-state index >= 15 is 0 Å². The Balaban J connectivity index is 1.40. The van der Waals surface area contributed by atoms with E-state index in [1.54, 1.807) is 11.8 Å². The van der Waals surface area contributed by atoms with Crippen molar-refractivity contribution < 1.29 is 4.79 Å². The normalized spacial score (nSPS) is 14.6. The van der Waals surface area contributed by atoms with Crippen molar-refractivity contribution in [3.8, 4) is 17.1 Å². The van der Waals surface area contributed by atoms with Gasteiger partial charge in [0, 0.05) is 49.6 Å². The Hall–Kier alpha value is -2.64. The Kier molecular flexibility index (Phi) is 7.60. The number of nitrogens with zero attached hydrogens (tertiary/aromatic N) is 5. The molecule has 1 aromatic heterocycles. The number of benzene rings is 2. The van der Waals surface area contributed by atoms with Crippen molar-refractivity contribution in [2.75, 3.05) is 38.5 Å². The lowest BCUT2D eigenvalue weighted by molar-refractivity contribution is -0.132. The van der Waals surface area contributed by atoms with Crippen molar-refractivity contribution in [1.82, 2.24) is 24.6 Å². The molecule has 1 saturated heterocycles. The van der Waals surface area contributed by atoms with Crippen LogP contribution in [0.15, 0.2) is 59.8 Å². The number of amides is 1. The van der Waals surface area contributed by atoms with Gasteiger partial charge in [0.15, 0.2) is 11.0 Å². The lowest BCUT2D eigenvalue weighted by Crippen LogP contribution is -2.48. The van der Waals surface area contributed by atoms with Gasteiger partial charge in [0.05, 0.1) is 0 Å². The number of hydrogen-bond donors (Lipinski definition) is 0. The van der Waals surface area contributed by atoms with Gasteiger partial charge in [0.1, 0.15) is 0 Å². The zero-order valence-corrected chi connectivity index (χ0v) is 19.7. The molecule has 0 aliphatic carbocycles. The van der Waals surface area contributed by atoms with E-state index in [9.17, 15) is 4.79 Å². The van der Waals surface area contributed by atoms with Crippen LogP contribution in [0.5, 0.6) is 0 Å². The van der Waals surface area contributed by atoms with Crippen LogP contribution in [0.3, 0.4) is 0 Å². The summed E-state index contributed by atoms with van der Waals surface area (Å²) in [5.41, 5.74) is 3.30. The largest absolute Gasteiger partial charge is 0.340 e. The van der Waals surface area contributed by atoms with Crippen LogP contribution in [0.1, 0.15) is 25.3 Å². The highest BCUT2D eigenvalue weighted by Gasteiger charge is 2.20. The summed E-state index contributed by atoms with van der Waals surface area (Å²) in [6.45, 7) is 8.98. The van der Waals surface area contributed by atoms with E-state index in [1.165, 1.54) is 5.56 Å². The van der Waals surface area contributed by atoms with Gasteiger partial charge in [-0.1, -0.05) is 66.7 Å². The third kappa shape index (κ3) is 5.40. The Morgan fingerprint density at radius 2 is 1.69 bits per heavy atom. The Morgan fingerprint density at radius 1 is 0.969 bits per heavy atom. The monoisotopic (exact) mass is 449 g/mol. The summed E-state index contributed by atoms with van der Waals surface area (Å²) in [7, 11) is 0. The maximum Gasteiger partial charge on any atom is 0.222 e. The Bertz CT molecular complexity index is 1010. The molecule has 0 bridgehead atoms. The molecular formula is C25H31N5OS. The lowest BCUT2D eigenvalue weighted by atomic mass is 10.1. The van der Waals surface area contributed by atoms with Crippen LogP contribution >= 0.6 is 11.8 Å². The van der Waals surface area contributed by atoms with Crippen LogP contribution in [0.2, 0.25) is 0 Å². The second kappa shape index (κ2) is 10.8. The van der Waals surface area contributed by atoms with Gasteiger partial charge in [-0.25, -0.2) is 0 Å². The van der Waals surface area contributed by atoms with Crippen LogP contribution in [-0.2, 0) is 4.79 Å². The van der Waals surface area contributed by atoms with Gasteiger partial charge < -0.3 is 9.80 Å². The molecule has 3 aromatic rings. The summed E-state index contributed by atoms with van der Waals surface area (Å²) in [4.78, 5) is 17.0. The number of piperazine rings is 1. The molecule has 7 heteroatoms. The number of aromatic nitrogens is 3. The number of likely N-dealkylation sites (N-methyl/N-ethyl adjacent to an activating group) is 1. The maximum absolute atomic E-state index is 12.6. The number of aryl methyl sites for hydroxylation is 1. The number of thioether (sulfide) groups is 1. The Labute approximate surface area is 194 Å². The van der Waals surface area contributed by atoms with Crippen molar-refractivity contribution in [1.29, 1.82) is 0 Å². The first kappa shape index (κ1) is 22.6. The van der Waals surface area contributed by atoms with E-state index in [0.717, 1.165) is 67.1 Å². The first-order chi connectivity index (χ1) is 15.7. The average Bonchev–Trinajstić information content (AvgIpc) is 3.26. The van der Waals surface area contributed by atoms with Gasteiger partial charge in [0.2, 0.25) is 5.91 Å². The highest BCUT2D eigenvalue weighted by atomic mass is 32.2. The topological polar surface area (TPSA) is 54.3 Å². The quantitative estimate of drug-likeness (QED) is 0.380. The molecule has 0 atom stereocenters. The summed E-state index contributed by atoms with van der Waals surface area (Å²) in [5, 5.41) is 9.86. The SMILES string of the molecule is CCN1CCN(C(=O)CCCSc2nnc(-c3ccc(C)cc3)n2-c2ccccc2)CC1. The summed E-state index contributed by atoms with van der Waals surface area (Å²) < 4.78 is 2.11. The predicted molar refractivity (Wildman–Crippen MR) is 130 cm³/mol. The van der Waals surface area contributed by atoms with Crippen LogP contribution in [-0.4, -0.2) is 68.9 Å². The van der Waals surface area contributed by atoms with Crippen molar-refractivity contribution in [2.45, 2.75) is 31.8 Å². The molecule has 0 radical (unpaired) electrons. The van der Waals surface area contributed by atoms with E-state index in [2.05, 4.69) is 69.9 Å². The predicted octanol–water partition coefficient (Wildman–Crippen LogP) is 4.28. The van der Waals surface area contributed by atoms with E-state index in [4.69, 9.17) is 0 Å². The number of carbonyl (C=O) groups excluding carboxylic acids is 1. The Morgan fingerprint density at radius 3 is 2.38 bits per heavy atom. The van der Waals surface area contributed by atoms with Gasteiger partial charge in [-0.15, -0.1) is 10.2 Å². The zero-order valence-electron chi connectivity index (χ0n) is 18.9. The molecule has 2 aromatic carbocycles. The minimum Gasteiger partial charge on any atom is -0.340 e. The first-order valence-electron chi connectivity index (χ1n) is 11.4. The molecule has 168 valence electrons. The molecule has 1 amide bonds. The van der Waals surface area contributed by atoms with Crippen LogP contribution in [0.4, 0.5) is 0 Å². The third-order valence-corrected chi connectivity index (χ3v) is 6.91. The molecule has 6 nitrogen and oxygen atoms in total. The minimum absolute atomic E-state index is 0.270. The molecule has 1 fully saturated rings. The second-order valence-corrected chi connectivity index (χ2v) is 9.17. The van der Waals surface area contributed by atoms with Crippen molar-refractivity contribution >= 4 is 17.7 Å². The maximum atomic E-state index is 12.6. The van der Waals surface area contributed by atoms with Crippen LogP contribution < -0.4 is 0 Å². The first-order valence-corrected chi connectivity index (χ1v) is 12.3. The van der Waals surface area contributed by atoms with E-state index in [0.29, 0.717) is 6.42 Å². The number of para-hydroxylation sites is 1. The summed E-state index contributed by atoms with van der Waals surface area (Å²) in [6.07, 6.45) is 1.42. The van der Waals surface area contributed by atoms with Crippen LogP contribution in [0.25, 0.3) is 17.1 Å². The molecule has 1 aliphatic heterocycles. The lowest BCUT2D eigenvalue weighted by Gasteiger charge is -2.34. The molecule has 1 aliphatic rings. The van der Waals surface area contributed by atoms with E-state index < -0.39 is 0 Å². The molecular weight excluding hydrogens is 418 g/mol. The number of hydrogen-bond acceptors (Lipinski definition) is 5. The fourth-order valence-electron chi connectivity index (χ4n) is 3.92. The highest BCUT2D eigenvalue weighted by molar-refractivity contribution is 7.99. The second-order valence-electron chi connectivity index (χ2n) is 8.11. The number of rotatable bonds is 8. The van der Waals surface area contributed by atoms with E-state index in [1.807, 2.05) is 23.1 Å². The van der Waals surface area contributed by atoms with Crippen molar-refractivity contribution in [3.63, 3.8) is 0 Å². The fourth-order valence-corrected chi connectivity index (χ4v) is 4.81. The van der Waals surface area contributed by atoms with Crippen molar-refractivity contribution in [3.05, 3.63) is 60.2 Å². The molecule has 0 unspecified atom stereocenters. The van der Waals surface area contributed by atoms with Crippen molar-refractivity contribution in [2.24, 2.45) is 0 Å². The number of carbonyl (C=O) groups is 1. The molecule has 0 N–H and O–H groups in total. The summed E-state index contributed by atoms with van der Waals surface area (Å²) in [6, 6.07) is 18.6. The van der Waals surface area contributed by atoms with Gasteiger partial charge in [-0.2, -0.15) is 0 Å². The van der Waals surface area contributed by atoms with Crippen LogP contribution in [0, 0.1) is 6.92 Å². The molecule has 32 heavy (non-hydrogen) atoms. The minimum atomic E-state index is 0.270. The average molecular weight is 450 g/mol. The third-order valence-electron chi connectivity index (χ3n) is 5.90. The summed E-state index contributed by atoms with van der Waals surface area (Å²) in [5.74, 6) is 1.94. The summed E-state index contributed by atoms with van der Waals surface area (Å²) >= 11 is 1.66. The standard InChI is InChI=1S/C25H31N5OS/c1-3-28-15-17-29(18-16-28)23(31)10-7-19-32-25-27-26-24(21-13-11-20(2)12-14-21)30(25)22-8-5-4-6-9-22/h4-6,8-9,11-14H,3,7,10,15-19H2,1-2H3.